The van der Waals surface area contributed by atoms with E-state index in [1.807, 2.05) is 123 Å². The fraction of sp³-hybridized carbons (Fsp3) is 0.211. The summed E-state index contributed by atoms with van der Waals surface area (Å²) in [6.45, 7) is 0. The van der Waals surface area contributed by atoms with Gasteiger partial charge in [0.1, 0.15) is 23.0 Å². The topological polar surface area (TPSA) is 91.0 Å². The average molecular weight is 615 g/mol. The van der Waals surface area contributed by atoms with Crippen molar-refractivity contribution in [3.8, 4) is 35.1 Å². The molecule has 0 aromatic heterocycles. The van der Waals surface area contributed by atoms with E-state index < -0.39 is 0 Å². The van der Waals surface area contributed by atoms with Gasteiger partial charge in [0.25, 0.3) is 0 Å². The molecule has 0 saturated carbocycles. The van der Waals surface area contributed by atoms with Crippen molar-refractivity contribution in [2.24, 2.45) is 0 Å². The van der Waals surface area contributed by atoms with Gasteiger partial charge in [-0.3, -0.25) is 0 Å². The van der Waals surface area contributed by atoms with Crippen molar-refractivity contribution in [2.45, 2.75) is 0 Å². The largest absolute Gasteiger partial charge is 0.496 e. The maximum Gasteiger partial charge on any atom is 0.126 e. The molecule has 46 heavy (non-hydrogen) atoms. The van der Waals surface area contributed by atoms with Crippen LogP contribution in [-0.4, -0.2) is 66.4 Å². The number of ether oxygens (including phenoxy) is 4. The van der Waals surface area contributed by atoms with Crippen LogP contribution in [0.25, 0.3) is 32.7 Å². The molecule has 0 aliphatic heterocycles. The molecule has 4 aromatic rings. The van der Waals surface area contributed by atoms with Crippen molar-refractivity contribution >= 4 is 32.7 Å². The van der Waals surface area contributed by atoms with Gasteiger partial charge in [-0.1, -0.05) is 12.1 Å². The van der Waals surface area contributed by atoms with Gasteiger partial charge in [-0.05, 0) is 71.8 Å². The summed E-state index contributed by atoms with van der Waals surface area (Å²) in [5.41, 5.74) is 3.80. The molecule has 8 nitrogen and oxygen atoms in total. The van der Waals surface area contributed by atoms with Crippen LogP contribution in [0.5, 0.6) is 23.0 Å². The first-order chi connectivity index (χ1) is 22.2. The van der Waals surface area contributed by atoms with E-state index in [2.05, 4.69) is 12.1 Å². The number of benzene rings is 4. The van der Waals surface area contributed by atoms with Crippen molar-refractivity contribution < 1.29 is 18.9 Å². The van der Waals surface area contributed by atoms with E-state index >= 15 is 0 Å². The molecule has 0 aliphatic carbocycles. The fourth-order valence-electron chi connectivity index (χ4n) is 5.25. The molecule has 0 heterocycles. The highest BCUT2D eigenvalue weighted by Gasteiger charge is 2.14. The Balaban J connectivity index is 1.90. The Labute approximate surface area is 270 Å². The lowest BCUT2D eigenvalue weighted by Gasteiger charge is -2.16. The number of methoxy groups -OCH3 is 4. The summed E-state index contributed by atoms with van der Waals surface area (Å²) in [5, 5.41) is 24.2. The number of hydrogen-bond acceptors (Lipinski definition) is 8. The van der Waals surface area contributed by atoms with Gasteiger partial charge >= 0.3 is 0 Å². The van der Waals surface area contributed by atoms with E-state index in [0.29, 0.717) is 34.1 Å². The zero-order chi connectivity index (χ0) is 33.4. The van der Waals surface area contributed by atoms with E-state index in [9.17, 15) is 10.5 Å². The van der Waals surface area contributed by atoms with Crippen molar-refractivity contribution in [2.75, 3.05) is 56.6 Å². The van der Waals surface area contributed by atoms with Gasteiger partial charge in [-0.2, -0.15) is 10.5 Å². The zero-order valence-electron chi connectivity index (χ0n) is 27.5. The van der Waals surface area contributed by atoms with Crippen LogP contribution in [0, 0.1) is 22.7 Å². The predicted octanol–water partition coefficient (Wildman–Crippen LogP) is 7.43. The monoisotopic (exact) mass is 614 g/mol. The summed E-state index contributed by atoms with van der Waals surface area (Å²) in [6, 6.07) is 23.7. The molecule has 0 spiro atoms. The van der Waals surface area contributed by atoms with Gasteiger partial charge in [-0.25, -0.2) is 0 Å². The SMILES string of the molecule is COc1ccc(OC)c2cc(/C(C#N)=C/C(=CN(C)C)C(=CN(C)C)/C=C(\C#N)c3ccc4c(OC)ccc(OC)c4c3)ccc12. The minimum Gasteiger partial charge on any atom is -0.496 e. The Kier molecular flexibility index (Phi) is 10.6. The van der Waals surface area contributed by atoms with Gasteiger partial charge in [0.2, 0.25) is 0 Å². The zero-order valence-corrected chi connectivity index (χ0v) is 27.5. The lowest BCUT2D eigenvalue weighted by molar-refractivity contribution is 0.410. The molecule has 0 atom stereocenters. The second kappa shape index (κ2) is 14.7. The van der Waals surface area contributed by atoms with Crippen molar-refractivity contribution in [1.29, 1.82) is 10.5 Å². The van der Waals surface area contributed by atoms with Crippen LogP contribution < -0.4 is 18.9 Å². The lowest BCUT2D eigenvalue weighted by atomic mass is 9.95. The number of hydrogen-bond donors (Lipinski definition) is 0. The van der Waals surface area contributed by atoms with Crippen LogP contribution in [0.1, 0.15) is 11.1 Å². The molecule has 0 N–H and O–H groups in total. The molecule has 0 bridgehead atoms. The number of fused-ring (bicyclic) bond motifs is 2. The molecule has 0 fully saturated rings. The molecule has 4 rings (SSSR count). The summed E-state index contributed by atoms with van der Waals surface area (Å²) >= 11 is 0. The summed E-state index contributed by atoms with van der Waals surface area (Å²) in [6.07, 6.45) is 7.53. The third kappa shape index (κ3) is 7.09. The van der Waals surface area contributed by atoms with Crippen molar-refractivity contribution in [3.05, 3.63) is 107 Å². The molecule has 234 valence electrons. The Morgan fingerprint density at radius 2 is 0.848 bits per heavy atom. The maximum atomic E-state index is 10.4. The average Bonchev–Trinajstić information content (AvgIpc) is 3.06. The van der Waals surface area contributed by atoms with Gasteiger partial charge in [-0.15, -0.1) is 0 Å². The number of nitriles is 2. The number of nitrogens with zero attached hydrogens (tertiary/aromatic N) is 4. The molecule has 0 aliphatic rings. The Bertz CT molecular complexity index is 1830. The van der Waals surface area contributed by atoms with E-state index in [0.717, 1.165) is 43.8 Å². The Hall–Kier alpha value is -5.86. The fourth-order valence-corrected chi connectivity index (χ4v) is 5.25. The van der Waals surface area contributed by atoms with Crippen LogP contribution in [0.2, 0.25) is 0 Å². The van der Waals surface area contributed by atoms with Crippen molar-refractivity contribution in [1.82, 2.24) is 9.80 Å². The second-order valence-electron chi connectivity index (χ2n) is 10.9. The van der Waals surface area contributed by atoms with Crippen molar-refractivity contribution in [3.63, 3.8) is 0 Å². The first-order valence-electron chi connectivity index (χ1n) is 14.5. The van der Waals surface area contributed by atoms with E-state index in [1.165, 1.54) is 0 Å². The standard InChI is InChI=1S/C38H38N4O4/c1-41(2)23-29(17-27(21-39)25-9-11-31-33(19-25)37(45-7)15-13-35(31)43-5)30(24-42(3)4)18-28(22-40)26-10-12-32-34(20-26)38(46-8)16-14-36(32)44-6/h9-20,23-24H,1-8H3/b27-17+,28-18+,29-23?,30-24?. The smallest absolute Gasteiger partial charge is 0.126 e. The third-order valence-electron chi connectivity index (χ3n) is 7.34. The first-order valence-corrected chi connectivity index (χ1v) is 14.5. The van der Waals surface area contributed by atoms with Crippen LogP contribution >= 0.6 is 0 Å². The molecule has 0 saturated heterocycles. The summed E-state index contributed by atoms with van der Waals surface area (Å²) in [5.74, 6) is 2.79. The van der Waals surface area contributed by atoms with Crippen LogP contribution in [0.15, 0.2) is 96.4 Å². The summed E-state index contributed by atoms with van der Waals surface area (Å²) in [7, 11) is 14.1. The Morgan fingerprint density at radius 1 is 0.522 bits per heavy atom. The highest BCUT2D eigenvalue weighted by atomic mass is 16.5. The minimum atomic E-state index is 0.443. The molecular weight excluding hydrogens is 576 g/mol. The molecule has 0 unspecified atom stereocenters. The van der Waals surface area contributed by atoms with Gasteiger partial charge in [0.05, 0.1) is 51.7 Å². The second-order valence-corrected chi connectivity index (χ2v) is 10.9. The molecule has 4 aromatic carbocycles. The highest BCUT2D eigenvalue weighted by molar-refractivity contribution is 5.98. The number of allylic oxidation sites excluding steroid dienone is 6. The quantitative estimate of drug-likeness (QED) is 0.127. The normalized spacial score (nSPS) is 12.4. The number of rotatable bonds is 11. The lowest BCUT2D eigenvalue weighted by Crippen LogP contribution is -2.07. The van der Waals surface area contributed by atoms with Crippen LogP contribution in [0.4, 0.5) is 0 Å². The maximum absolute atomic E-state index is 10.4. The predicted molar refractivity (Wildman–Crippen MR) is 185 cm³/mol. The molecular formula is C38H38N4O4. The van der Waals surface area contributed by atoms with Gasteiger partial charge in [0.15, 0.2) is 0 Å². The highest BCUT2D eigenvalue weighted by Crippen LogP contribution is 2.37. The minimum absolute atomic E-state index is 0.443. The van der Waals surface area contributed by atoms with E-state index in [1.54, 1.807) is 28.4 Å². The summed E-state index contributed by atoms with van der Waals surface area (Å²) in [4.78, 5) is 3.82. The van der Waals surface area contributed by atoms with Crippen LogP contribution in [-0.2, 0) is 0 Å². The molecule has 0 radical (unpaired) electrons. The Morgan fingerprint density at radius 3 is 1.13 bits per heavy atom. The van der Waals surface area contributed by atoms with Gasteiger partial charge < -0.3 is 28.7 Å². The first kappa shape index (κ1) is 33.0. The van der Waals surface area contributed by atoms with Gasteiger partial charge in [0, 0.05) is 73.3 Å². The summed E-state index contributed by atoms with van der Waals surface area (Å²) < 4.78 is 22.3. The molecule has 0 amide bonds. The van der Waals surface area contributed by atoms with E-state index in [-0.39, 0.29) is 0 Å². The third-order valence-corrected chi connectivity index (χ3v) is 7.34. The van der Waals surface area contributed by atoms with E-state index in [4.69, 9.17) is 18.9 Å². The van der Waals surface area contributed by atoms with Crippen LogP contribution in [0.3, 0.4) is 0 Å². The molecule has 8 heteroatoms.